The van der Waals surface area contributed by atoms with Crippen LogP contribution in [0.4, 0.5) is 0 Å². The van der Waals surface area contributed by atoms with Crippen molar-refractivity contribution in [2.75, 3.05) is 0 Å². The zero-order valence-corrected chi connectivity index (χ0v) is 83.8. The molecular weight excluding hydrogens is 1740 g/mol. The van der Waals surface area contributed by atoms with Gasteiger partial charge in [0, 0.05) is 141 Å². The molecule has 698 valence electrons. The van der Waals surface area contributed by atoms with Gasteiger partial charge in [-0.3, -0.25) is 0 Å². The molecule has 0 saturated heterocycles. The van der Waals surface area contributed by atoms with Gasteiger partial charge in [0.25, 0.3) is 0 Å². The van der Waals surface area contributed by atoms with Gasteiger partial charge in [-0.1, -0.05) is 265 Å². The summed E-state index contributed by atoms with van der Waals surface area (Å²) in [7, 11) is 10.6. The van der Waals surface area contributed by atoms with Crippen LogP contribution < -0.4 is 22.8 Å². The maximum absolute atomic E-state index is 6.66. The van der Waals surface area contributed by atoms with Crippen LogP contribution in [0.5, 0.6) is 0 Å². The average molecular weight is 1860 g/mol. The second-order valence-electron chi connectivity index (χ2n) is 40.4. The highest BCUT2D eigenvalue weighted by Gasteiger charge is 2.31. The topological polar surface area (TPSA) is 85.1 Å². The number of rotatable bonds is 9. The van der Waals surface area contributed by atoms with E-state index >= 15 is 0 Å². The number of benzene rings is 15. The lowest BCUT2D eigenvalue weighted by Gasteiger charge is -2.21. The van der Waals surface area contributed by atoms with Gasteiger partial charge < -0.3 is 22.1 Å². The van der Waals surface area contributed by atoms with E-state index in [1.165, 1.54) is 277 Å². The van der Waals surface area contributed by atoms with Crippen molar-refractivity contribution < 1.29 is 44.9 Å². The second kappa shape index (κ2) is 37.2. The SMILES string of the molecule is CCc1cc[n+](C)c(-c2c(C)ccc3c2oc2c4ccccc4ccc32)c1.Cc1cc[n+](C)c(-c2c(C)ccc3c2oc2c4ccccc4ccc32)c1.Cc1ccc2c(oc3c4ccccc4ccc23)c1-c1cc(C(C)C)cc[n+]1C.Cc1ccc2c(oc3c4ccccc4ccc23)c1-c1cc(C2CCCC2)cc[n+]1C.Cc1ccc2c(oc3c4ccccc4ccc23)c1-c1cc(C2CCCCC2)cc[n+]1C. The first kappa shape index (κ1) is 90.2. The molecule has 0 aliphatic heterocycles. The Morgan fingerprint density at radius 2 is 0.486 bits per heavy atom. The maximum atomic E-state index is 6.66. The minimum atomic E-state index is 0.485. The van der Waals surface area contributed by atoms with Crippen molar-refractivity contribution in [1.82, 2.24) is 0 Å². The Labute approximate surface area is 828 Å². The quantitative estimate of drug-likeness (QED) is 0.134. The molecule has 142 heavy (non-hydrogen) atoms. The predicted molar refractivity (Wildman–Crippen MR) is 588 cm³/mol. The summed E-state index contributed by atoms with van der Waals surface area (Å²) in [4.78, 5) is 0. The smallest absolute Gasteiger partial charge is 0.216 e. The monoisotopic (exact) mass is 1850 g/mol. The molecule has 15 aromatic carbocycles. The zero-order chi connectivity index (χ0) is 97.0. The highest BCUT2D eigenvalue weighted by molar-refractivity contribution is 6.22. The number of furan rings is 5. The summed E-state index contributed by atoms with van der Waals surface area (Å²) < 4.78 is 44.0. The molecule has 0 radical (unpaired) electrons. The third-order valence-corrected chi connectivity index (χ3v) is 31.0. The van der Waals surface area contributed by atoms with Crippen molar-refractivity contribution in [2.24, 2.45) is 35.2 Å². The summed E-state index contributed by atoms with van der Waals surface area (Å²) in [5.74, 6) is 1.87. The van der Waals surface area contributed by atoms with Gasteiger partial charge in [-0.2, -0.15) is 0 Å². The van der Waals surface area contributed by atoms with Crippen molar-refractivity contribution in [3.8, 4) is 56.3 Å². The van der Waals surface area contributed by atoms with Crippen LogP contribution in [0.3, 0.4) is 0 Å². The molecule has 27 rings (SSSR count). The van der Waals surface area contributed by atoms with Crippen LogP contribution >= 0.6 is 0 Å². The van der Waals surface area contributed by atoms with Crippen LogP contribution in [0.2, 0.25) is 0 Å². The van der Waals surface area contributed by atoms with Crippen molar-refractivity contribution in [2.45, 2.75) is 144 Å². The summed E-state index contributed by atoms with van der Waals surface area (Å²) >= 11 is 0. The van der Waals surface area contributed by atoms with E-state index in [1.54, 1.807) is 0 Å². The van der Waals surface area contributed by atoms with Crippen LogP contribution in [0.15, 0.2) is 356 Å². The van der Waals surface area contributed by atoms with Crippen LogP contribution in [0, 0.1) is 41.5 Å². The van der Waals surface area contributed by atoms with Crippen molar-refractivity contribution in [1.29, 1.82) is 0 Å². The minimum Gasteiger partial charge on any atom is -0.454 e. The van der Waals surface area contributed by atoms with E-state index in [4.69, 9.17) is 22.1 Å². The molecule has 0 N–H and O–H groups in total. The number of pyridine rings is 5. The Bertz CT molecular complexity index is 9340. The lowest BCUT2D eigenvalue weighted by atomic mass is 9.84. The van der Waals surface area contributed by atoms with Crippen LogP contribution in [0.1, 0.15) is 152 Å². The summed E-state index contributed by atoms with van der Waals surface area (Å²) in [6, 6.07) is 109. The largest absolute Gasteiger partial charge is 0.454 e. The Morgan fingerprint density at radius 3 is 0.789 bits per heavy atom. The van der Waals surface area contributed by atoms with Crippen molar-refractivity contribution >= 4 is 164 Å². The molecule has 2 aliphatic carbocycles. The normalized spacial score (nSPS) is 13.2. The first-order chi connectivity index (χ1) is 69.2. The standard InChI is InChI=1S/C29H28NO.C28H26NO.C26H24NO.C25H22NO.C24H20NO/c1-19-12-14-25-24-15-13-21-10-6-7-11-23(21)28(24)31-29(25)27(19)26-18-22(16-17-30(26)2)20-8-4-3-5-9-20;1-18-11-13-24-23-14-12-20-9-5-6-10-22(20)27(23)30-28(24)26(18)25-17-21(15-16-29(25)2)19-7-3-4-8-19;1-16(2)19-13-14-27(4)23(15-19)24-17(3)9-11-22-21-12-10-18-7-5-6-8-20(18)25(21)28-26(22)24;1-4-17-13-14-26(3)22(15-17)23-16(2)9-11-21-20-12-10-18-7-5-6-8-19(18)24(20)27-25(21)23;1-15-12-13-25(3)21(14-15)22-16(2)8-10-20-19-11-9-17-6-4-5-7-18(17)23(19)26-24(20)22/h6-7,10-18,20H,3-5,8-9H2,1-2H3;5-6,9-17,19H,3-4,7-8H2,1-2H3;5-16H,1-4H3;5-15H,4H2,1-3H3;4-14H,1-3H3/q5*+1. The Balaban J connectivity index is 0.0000000988. The number of aromatic nitrogens is 5. The van der Waals surface area contributed by atoms with Crippen molar-refractivity contribution in [3.05, 3.63) is 390 Å². The number of fused-ring (bicyclic) bond motifs is 25. The number of hydrogen-bond donors (Lipinski definition) is 0. The molecule has 0 spiro atoms. The number of nitrogens with zero attached hydrogens (tertiary/aromatic N) is 5. The predicted octanol–water partition coefficient (Wildman–Crippen LogP) is 33.4. The molecule has 10 heteroatoms. The molecule has 2 aliphatic rings. The van der Waals surface area contributed by atoms with E-state index in [2.05, 4.69) is 455 Å². The highest BCUT2D eigenvalue weighted by atomic mass is 16.3. The van der Waals surface area contributed by atoms with Gasteiger partial charge in [0.1, 0.15) is 91.1 Å². The van der Waals surface area contributed by atoms with Gasteiger partial charge in [-0.25, -0.2) is 22.8 Å². The van der Waals surface area contributed by atoms with Gasteiger partial charge in [0.05, 0.1) is 27.8 Å². The number of hydrogen-bond acceptors (Lipinski definition) is 5. The molecule has 2 fully saturated rings. The molecule has 0 unspecified atom stereocenters. The first-order valence-electron chi connectivity index (χ1n) is 50.9. The molecule has 0 atom stereocenters. The van der Waals surface area contributed by atoms with Gasteiger partial charge in [0.2, 0.25) is 28.5 Å². The molecule has 0 amide bonds. The van der Waals surface area contributed by atoms with E-state index in [1.807, 2.05) is 0 Å². The highest BCUT2D eigenvalue weighted by Crippen LogP contribution is 2.48. The number of aryl methyl sites for hydroxylation is 12. The lowest BCUT2D eigenvalue weighted by Crippen LogP contribution is -2.31. The lowest BCUT2D eigenvalue weighted by molar-refractivity contribution is -0.660. The molecule has 2 saturated carbocycles. The maximum Gasteiger partial charge on any atom is 0.216 e. The molecular formula is C132H120N5O5+5. The van der Waals surface area contributed by atoms with E-state index < -0.39 is 0 Å². The summed E-state index contributed by atoms with van der Waals surface area (Å²) in [6.45, 7) is 19.7. The van der Waals surface area contributed by atoms with Crippen LogP contribution in [-0.2, 0) is 41.7 Å². The molecule has 0 bridgehead atoms. The Morgan fingerprint density at radius 1 is 0.239 bits per heavy atom. The molecule has 10 heterocycles. The van der Waals surface area contributed by atoms with E-state index in [0.717, 1.165) is 62.3 Å². The fourth-order valence-corrected chi connectivity index (χ4v) is 23.0. The van der Waals surface area contributed by atoms with Crippen LogP contribution in [-0.4, -0.2) is 0 Å². The van der Waals surface area contributed by atoms with Crippen LogP contribution in [0.25, 0.3) is 220 Å². The fraction of sp³-hybridized carbons (Fsp3) is 0.205. The third kappa shape index (κ3) is 16.0. The molecule has 10 aromatic heterocycles. The fourth-order valence-electron chi connectivity index (χ4n) is 23.0. The summed E-state index contributed by atoms with van der Waals surface area (Å²) in [5.41, 5.74) is 34.9. The van der Waals surface area contributed by atoms with E-state index in [9.17, 15) is 0 Å². The average Bonchev–Trinajstić information content (AvgIpc) is 1.60. The van der Waals surface area contributed by atoms with E-state index in [0.29, 0.717) is 17.8 Å². The zero-order valence-electron chi connectivity index (χ0n) is 83.8. The molecule has 10 nitrogen and oxygen atoms in total. The minimum absolute atomic E-state index is 0.485. The first-order valence-corrected chi connectivity index (χ1v) is 50.9. The van der Waals surface area contributed by atoms with Gasteiger partial charge in [0.15, 0.2) is 31.0 Å². The molecule has 25 aromatic rings. The summed E-state index contributed by atoms with van der Waals surface area (Å²) in [6.07, 6.45) is 23.9. The van der Waals surface area contributed by atoms with Crippen molar-refractivity contribution in [3.63, 3.8) is 0 Å². The van der Waals surface area contributed by atoms with E-state index in [-0.39, 0.29) is 0 Å². The Hall–Kier alpha value is -15.7. The second-order valence-corrected chi connectivity index (χ2v) is 40.4. The van der Waals surface area contributed by atoms with Gasteiger partial charge in [-0.15, -0.1) is 0 Å². The van der Waals surface area contributed by atoms with Gasteiger partial charge in [-0.05, 0) is 204 Å². The third-order valence-electron chi connectivity index (χ3n) is 31.0. The van der Waals surface area contributed by atoms with Gasteiger partial charge >= 0.3 is 0 Å². The summed E-state index contributed by atoms with van der Waals surface area (Å²) in [5, 5.41) is 23.8. The Kier molecular flexibility index (Phi) is 23.6.